The quantitative estimate of drug-likeness (QED) is 0.260. The molecule has 13 heteroatoms. The van der Waals surface area contributed by atoms with E-state index < -0.39 is 70.5 Å². The molecular formula is C29H51N5O8. The summed E-state index contributed by atoms with van der Waals surface area (Å²) >= 11 is 0. The molecule has 0 aromatic rings. The number of methoxy groups -OCH3 is 1. The Labute approximate surface area is 249 Å². The number of carbonyl (C=O) groups excluding carboxylic acids is 6. The topological polar surface area (TPSA) is 172 Å². The smallest absolute Gasteiger partial charge is 0.410 e. The summed E-state index contributed by atoms with van der Waals surface area (Å²) in [5.74, 6) is -3.60. The molecule has 1 rings (SSSR count). The number of rotatable bonds is 11. The third kappa shape index (κ3) is 10.2. The summed E-state index contributed by atoms with van der Waals surface area (Å²) < 4.78 is 10.2. The van der Waals surface area contributed by atoms with Gasteiger partial charge in [-0.2, -0.15) is 0 Å². The van der Waals surface area contributed by atoms with Gasteiger partial charge in [0.1, 0.15) is 34.8 Å². The van der Waals surface area contributed by atoms with Crippen molar-refractivity contribution in [2.24, 2.45) is 11.8 Å². The van der Waals surface area contributed by atoms with E-state index in [1.807, 2.05) is 0 Å². The normalized spacial score (nSPS) is 17.3. The first-order valence-corrected chi connectivity index (χ1v) is 14.4. The van der Waals surface area contributed by atoms with E-state index in [1.54, 1.807) is 48.5 Å². The van der Waals surface area contributed by atoms with Crippen molar-refractivity contribution >= 4 is 35.7 Å². The van der Waals surface area contributed by atoms with E-state index in [9.17, 15) is 28.8 Å². The first-order valence-electron chi connectivity index (χ1n) is 14.4. The Balaban J connectivity index is 2.96. The monoisotopic (exact) mass is 597 g/mol. The maximum Gasteiger partial charge on any atom is 0.410 e. The Hall–Kier alpha value is -3.38. The summed E-state index contributed by atoms with van der Waals surface area (Å²) in [6, 6.07) is -2.75. The molecule has 0 bridgehead atoms. The molecule has 240 valence electrons. The molecule has 0 aliphatic carbocycles. The number of amides is 5. The van der Waals surface area contributed by atoms with Crippen LogP contribution in [-0.2, 0) is 33.4 Å². The number of likely N-dealkylation sites (tertiary alicyclic amines) is 1. The zero-order chi connectivity index (χ0) is 32.8. The van der Waals surface area contributed by atoms with Gasteiger partial charge in [-0.3, -0.25) is 24.1 Å². The Morgan fingerprint density at radius 1 is 0.762 bits per heavy atom. The van der Waals surface area contributed by atoms with Crippen LogP contribution < -0.4 is 21.3 Å². The van der Waals surface area contributed by atoms with Crippen LogP contribution in [0.4, 0.5) is 4.79 Å². The lowest BCUT2D eigenvalue weighted by molar-refractivity contribution is -0.147. The number of hydrogen-bond acceptors (Lipinski definition) is 8. The molecular weight excluding hydrogens is 546 g/mol. The van der Waals surface area contributed by atoms with Crippen molar-refractivity contribution in [3.8, 4) is 0 Å². The van der Waals surface area contributed by atoms with Crippen LogP contribution in [-0.4, -0.2) is 89.1 Å². The van der Waals surface area contributed by atoms with E-state index in [1.165, 1.54) is 39.7 Å². The standard InChI is InChI=1S/C29H51N5O8/c1-16(2)19(22(36)33-29(10,11)25(39)31-20(17(3)4)23(37)41-12)30-24(38)28(8,9)32-21(35)18-14-13-15-34(18)26(40)42-27(5,6)7/h16-20H,13-15H2,1-12H3,(H,30,38)(H,31,39)(H,32,35)(H,33,36)/t18-,19+,20+/m1/s1. The molecule has 1 aliphatic rings. The summed E-state index contributed by atoms with van der Waals surface area (Å²) in [6.45, 7) is 18.5. The zero-order valence-corrected chi connectivity index (χ0v) is 27.2. The molecule has 0 aromatic carbocycles. The number of nitrogens with one attached hydrogen (secondary N) is 4. The van der Waals surface area contributed by atoms with E-state index in [4.69, 9.17) is 9.47 Å². The highest BCUT2D eigenvalue weighted by atomic mass is 16.6. The van der Waals surface area contributed by atoms with Crippen LogP contribution in [0.3, 0.4) is 0 Å². The van der Waals surface area contributed by atoms with Crippen LogP contribution >= 0.6 is 0 Å². The third-order valence-corrected chi connectivity index (χ3v) is 6.83. The summed E-state index contributed by atoms with van der Waals surface area (Å²) in [5, 5.41) is 10.7. The molecule has 0 unspecified atom stereocenters. The fourth-order valence-corrected chi connectivity index (χ4v) is 4.27. The Kier molecular flexibility index (Phi) is 12.4. The lowest BCUT2D eigenvalue weighted by Crippen LogP contribution is -2.65. The van der Waals surface area contributed by atoms with Gasteiger partial charge >= 0.3 is 12.1 Å². The molecule has 0 spiro atoms. The van der Waals surface area contributed by atoms with Crippen molar-refractivity contribution in [2.75, 3.05) is 13.7 Å². The van der Waals surface area contributed by atoms with Gasteiger partial charge in [0.25, 0.3) is 0 Å². The minimum Gasteiger partial charge on any atom is -0.467 e. The molecule has 0 aromatic heterocycles. The third-order valence-electron chi connectivity index (χ3n) is 6.83. The van der Waals surface area contributed by atoms with Crippen molar-refractivity contribution < 1.29 is 38.2 Å². The summed E-state index contributed by atoms with van der Waals surface area (Å²) in [5.41, 5.74) is -3.60. The van der Waals surface area contributed by atoms with E-state index in [2.05, 4.69) is 21.3 Å². The average Bonchev–Trinajstić information content (AvgIpc) is 3.33. The molecule has 0 radical (unpaired) electrons. The molecule has 13 nitrogen and oxygen atoms in total. The van der Waals surface area contributed by atoms with Gasteiger partial charge in [-0.1, -0.05) is 27.7 Å². The lowest BCUT2D eigenvalue weighted by Gasteiger charge is -2.34. The molecule has 1 saturated heterocycles. The molecule has 1 heterocycles. The van der Waals surface area contributed by atoms with Gasteiger partial charge in [0.05, 0.1) is 7.11 Å². The van der Waals surface area contributed by atoms with E-state index in [0.29, 0.717) is 19.4 Å². The van der Waals surface area contributed by atoms with Crippen LogP contribution in [0.25, 0.3) is 0 Å². The van der Waals surface area contributed by atoms with Gasteiger partial charge in [-0.05, 0) is 73.1 Å². The summed E-state index contributed by atoms with van der Waals surface area (Å²) in [7, 11) is 1.22. The molecule has 5 amide bonds. The molecule has 4 N–H and O–H groups in total. The molecule has 42 heavy (non-hydrogen) atoms. The van der Waals surface area contributed by atoms with Gasteiger partial charge in [0.15, 0.2) is 0 Å². The number of ether oxygens (including phenoxy) is 2. The molecule has 1 fully saturated rings. The first kappa shape index (κ1) is 36.6. The van der Waals surface area contributed by atoms with Crippen molar-refractivity contribution in [1.82, 2.24) is 26.2 Å². The zero-order valence-electron chi connectivity index (χ0n) is 27.2. The Bertz CT molecular complexity index is 1030. The van der Waals surface area contributed by atoms with Crippen LogP contribution in [0, 0.1) is 11.8 Å². The fourth-order valence-electron chi connectivity index (χ4n) is 4.27. The van der Waals surface area contributed by atoms with Crippen LogP contribution in [0.15, 0.2) is 0 Å². The second kappa shape index (κ2) is 14.2. The molecule has 0 saturated carbocycles. The fraction of sp³-hybridized carbons (Fsp3) is 0.793. The minimum absolute atomic E-state index is 0.256. The number of esters is 1. The SMILES string of the molecule is COC(=O)[C@@H](NC(=O)C(C)(C)NC(=O)[C@@H](NC(=O)C(C)(C)NC(=O)[C@H]1CCCN1C(=O)OC(C)(C)C)C(C)C)C(C)C. The van der Waals surface area contributed by atoms with Gasteiger partial charge in [0.2, 0.25) is 23.6 Å². The van der Waals surface area contributed by atoms with Crippen molar-refractivity contribution in [3.05, 3.63) is 0 Å². The second-order valence-corrected chi connectivity index (χ2v) is 13.5. The molecule has 1 aliphatic heterocycles. The number of hydrogen-bond donors (Lipinski definition) is 4. The predicted octanol–water partition coefficient (Wildman–Crippen LogP) is 1.63. The summed E-state index contributed by atoms with van der Waals surface area (Å²) in [4.78, 5) is 78.9. The Morgan fingerprint density at radius 2 is 1.24 bits per heavy atom. The van der Waals surface area contributed by atoms with Crippen molar-refractivity contribution in [2.45, 2.75) is 124 Å². The summed E-state index contributed by atoms with van der Waals surface area (Å²) in [6.07, 6.45) is 0.433. The first-order chi connectivity index (χ1) is 19.0. The molecule has 3 atom stereocenters. The average molecular weight is 598 g/mol. The van der Waals surface area contributed by atoms with Gasteiger partial charge in [0, 0.05) is 6.54 Å². The minimum atomic E-state index is -1.44. The number of carbonyl (C=O) groups is 6. The Morgan fingerprint density at radius 3 is 1.69 bits per heavy atom. The van der Waals surface area contributed by atoms with E-state index in [-0.39, 0.29) is 11.8 Å². The van der Waals surface area contributed by atoms with Gasteiger partial charge < -0.3 is 30.7 Å². The van der Waals surface area contributed by atoms with Crippen LogP contribution in [0.5, 0.6) is 0 Å². The van der Waals surface area contributed by atoms with Crippen LogP contribution in [0.1, 0.15) is 89.0 Å². The lowest BCUT2D eigenvalue weighted by atomic mass is 9.96. The predicted molar refractivity (Wildman–Crippen MR) is 156 cm³/mol. The highest BCUT2D eigenvalue weighted by molar-refractivity contribution is 5.98. The second-order valence-electron chi connectivity index (χ2n) is 13.5. The highest BCUT2D eigenvalue weighted by Crippen LogP contribution is 2.22. The van der Waals surface area contributed by atoms with Crippen molar-refractivity contribution in [1.29, 1.82) is 0 Å². The largest absolute Gasteiger partial charge is 0.467 e. The van der Waals surface area contributed by atoms with Gasteiger partial charge in [-0.25, -0.2) is 9.59 Å². The highest BCUT2D eigenvalue weighted by Gasteiger charge is 2.42. The van der Waals surface area contributed by atoms with Crippen LogP contribution in [0.2, 0.25) is 0 Å². The van der Waals surface area contributed by atoms with Gasteiger partial charge in [-0.15, -0.1) is 0 Å². The number of nitrogens with zero attached hydrogens (tertiary/aromatic N) is 1. The van der Waals surface area contributed by atoms with E-state index >= 15 is 0 Å². The maximum atomic E-state index is 13.3. The van der Waals surface area contributed by atoms with E-state index in [0.717, 1.165) is 0 Å². The maximum absolute atomic E-state index is 13.3. The van der Waals surface area contributed by atoms with Crippen molar-refractivity contribution in [3.63, 3.8) is 0 Å².